The van der Waals surface area contributed by atoms with Crippen LogP contribution in [0.3, 0.4) is 0 Å². The molecule has 1 heterocycles. The molecule has 2 aliphatic rings. The minimum atomic E-state index is -4.03. The summed E-state index contributed by atoms with van der Waals surface area (Å²) in [7, 11) is -4.03. The monoisotopic (exact) mass is 575 g/mol. The molecule has 2 aromatic rings. The van der Waals surface area contributed by atoms with Gasteiger partial charge in [0.1, 0.15) is 0 Å². The Labute approximate surface area is 224 Å². The Morgan fingerprint density at radius 3 is 2.16 bits per heavy atom. The number of piperidine rings is 1. The molecule has 1 saturated heterocycles. The predicted octanol–water partition coefficient (Wildman–Crippen LogP) is 4.96. The summed E-state index contributed by atoms with van der Waals surface area (Å²) in [5.74, 6) is -0.599. The molecule has 0 N–H and O–H groups in total. The fourth-order valence-electron chi connectivity index (χ4n) is 5.33. The summed E-state index contributed by atoms with van der Waals surface area (Å²) in [6.07, 6.45) is -0.249. The number of nitrogens with zero attached hydrogens (tertiary/aromatic N) is 5. The molecule has 4 rings (SSSR count). The second-order valence-corrected chi connectivity index (χ2v) is 11.7. The second-order valence-electron chi connectivity index (χ2n) is 8.94. The third kappa shape index (κ3) is 4.08. The third-order valence-corrected chi connectivity index (χ3v) is 9.59. The van der Waals surface area contributed by atoms with Crippen molar-refractivity contribution in [1.29, 1.82) is 21.0 Å². The fraction of sp³-hybridized carbons (Fsp3) is 0.333. The summed E-state index contributed by atoms with van der Waals surface area (Å²) >= 11 is 3.33. The van der Waals surface area contributed by atoms with Crippen LogP contribution in [0.2, 0.25) is 0 Å². The van der Waals surface area contributed by atoms with Crippen molar-refractivity contribution in [2.75, 3.05) is 13.2 Å². The van der Waals surface area contributed by atoms with Gasteiger partial charge in [-0.25, -0.2) is 8.42 Å². The molecule has 2 atom stereocenters. The van der Waals surface area contributed by atoms with Gasteiger partial charge < -0.3 is 4.74 Å². The lowest BCUT2D eigenvalue weighted by atomic mass is 9.51. The maximum atomic E-state index is 14.0. The maximum absolute atomic E-state index is 14.0. The van der Waals surface area contributed by atoms with Crippen molar-refractivity contribution < 1.29 is 13.2 Å². The molecule has 8 nitrogen and oxygen atoms in total. The average Bonchev–Trinajstić information content (AvgIpc) is 2.93. The molecule has 0 amide bonds. The number of hydrogen-bond acceptors (Lipinski definition) is 7. The van der Waals surface area contributed by atoms with E-state index in [1.165, 1.54) is 16.4 Å². The molecule has 0 aromatic heterocycles. The number of rotatable bonds is 5. The van der Waals surface area contributed by atoms with Gasteiger partial charge >= 0.3 is 0 Å². The van der Waals surface area contributed by atoms with Crippen LogP contribution < -0.4 is 0 Å². The van der Waals surface area contributed by atoms with Crippen molar-refractivity contribution >= 4 is 26.0 Å². The summed E-state index contributed by atoms with van der Waals surface area (Å²) in [6.45, 7) is 1.81. The highest BCUT2D eigenvalue weighted by Gasteiger charge is 2.65. The zero-order chi connectivity index (χ0) is 26.8. The summed E-state index contributed by atoms with van der Waals surface area (Å²) in [5.41, 5.74) is -2.84. The lowest BCUT2D eigenvalue weighted by Gasteiger charge is -2.50. The molecule has 37 heavy (non-hydrogen) atoms. The number of sulfonamides is 1. The van der Waals surface area contributed by atoms with Crippen molar-refractivity contribution in [2.24, 2.45) is 16.7 Å². The minimum Gasteiger partial charge on any atom is -0.498 e. The van der Waals surface area contributed by atoms with Crippen molar-refractivity contribution in [3.8, 4) is 24.3 Å². The standard InChI is InChI=1S/C27H22BrN5O3S/c1-2-36-25-13-26(15-29,16-30)27(17-31,18-32)23-12-24(19-6-4-3-5-7-19)33(14-22(23)25)37(34,35)21-10-8-20(28)9-11-21/h3-11,23-24H,2,12-14H2,1H3/t23-,24+/m1/s1. The number of allylic oxidation sites excluding steroid dienone is 1. The number of benzene rings is 2. The van der Waals surface area contributed by atoms with E-state index in [4.69, 9.17) is 4.74 Å². The molecule has 1 aliphatic carbocycles. The summed E-state index contributed by atoms with van der Waals surface area (Å²) in [4.78, 5) is 0.0969. The smallest absolute Gasteiger partial charge is 0.243 e. The van der Waals surface area contributed by atoms with Gasteiger partial charge in [0.05, 0.1) is 47.6 Å². The van der Waals surface area contributed by atoms with Gasteiger partial charge in [-0.3, -0.25) is 0 Å². The first-order valence-electron chi connectivity index (χ1n) is 11.6. The Bertz CT molecular complexity index is 1480. The predicted molar refractivity (Wildman–Crippen MR) is 136 cm³/mol. The van der Waals surface area contributed by atoms with Crippen LogP contribution in [0.1, 0.15) is 31.4 Å². The van der Waals surface area contributed by atoms with Crippen molar-refractivity contribution in [2.45, 2.75) is 30.7 Å². The van der Waals surface area contributed by atoms with Crippen LogP contribution in [-0.4, -0.2) is 25.9 Å². The van der Waals surface area contributed by atoms with Crippen molar-refractivity contribution in [3.63, 3.8) is 0 Å². The van der Waals surface area contributed by atoms with Gasteiger partial charge in [0, 0.05) is 23.4 Å². The van der Waals surface area contributed by atoms with Gasteiger partial charge in [0.25, 0.3) is 0 Å². The average molecular weight is 576 g/mol. The van der Waals surface area contributed by atoms with Crippen molar-refractivity contribution in [1.82, 2.24) is 4.31 Å². The topological polar surface area (TPSA) is 142 Å². The fourth-order valence-corrected chi connectivity index (χ4v) is 7.19. The molecule has 2 aromatic carbocycles. The first-order chi connectivity index (χ1) is 17.7. The summed E-state index contributed by atoms with van der Waals surface area (Å²) in [6, 6.07) is 22.5. The molecule has 0 spiro atoms. The van der Waals surface area contributed by atoms with E-state index in [1.54, 1.807) is 43.3 Å². The van der Waals surface area contributed by atoms with E-state index >= 15 is 0 Å². The van der Waals surface area contributed by atoms with E-state index in [1.807, 2.05) is 30.3 Å². The van der Waals surface area contributed by atoms with Gasteiger partial charge in [-0.15, -0.1) is 0 Å². The van der Waals surface area contributed by atoms with Crippen LogP contribution in [-0.2, 0) is 14.8 Å². The highest BCUT2D eigenvalue weighted by atomic mass is 79.9. The first kappa shape index (κ1) is 26.4. The van der Waals surface area contributed by atoms with Crippen LogP contribution in [0.5, 0.6) is 0 Å². The van der Waals surface area contributed by atoms with Gasteiger partial charge in [-0.1, -0.05) is 46.3 Å². The van der Waals surface area contributed by atoms with Gasteiger partial charge in [-0.2, -0.15) is 25.4 Å². The van der Waals surface area contributed by atoms with E-state index in [-0.39, 0.29) is 30.9 Å². The molecule has 0 radical (unpaired) electrons. The van der Waals surface area contributed by atoms with E-state index in [2.05, 4.69) is 15.9 Å². The van der Waals surface area contributed by atoms with Crippen LogP contribution in [0.4, 0.5) is 0 Å². The van der Waals surface area contributed by atoms with E-state index in [9.17, 15) is 29.5 Å². The molecule has 0 bridgehead atoms. The number of nitriles is 4. The largest absolute Gasteiger partial charge is 0.498 e. The van der Waals surface area contributed by atoms with Crippen LogP contribution in [0, 0.1) is 62.1 Å². The molecule has 1 aliphatic heterocycles. The van der Waals surface area contributed by atoms with Gasteiger partial charge in [0.15, 0.2) is 10.8 Å². The summed E-state index contributed by atoms with van der Waals surface area (Å²) < 4.78 is 35.9. The zero-order valence-electron chi connectivity index (χ0n) is 19.9. The summed E-state index contributed by atoms with van der Waals surface area (Å²) in [5, 5.41) is 40.8. The Morgan fingerprint density at radius 1 is 1.00 bits per heavy atom. The Hall–Kier alpha value is -3.67. The van der Waals surface area contributed by atoms with Crippen LogP contribution >= 0.6 is 15.9 Å². The molecule has 0 saturated carbocycles. The van der Waals surface area contributed by atoms with E-state index in [0.717, 1.165) is 4.47 Å². The lowest BCUT2D eigenvalue weighted by Crippen LogP contribution is -2.54. The number of ether oxygens (including phenoxy) is 1. The highest BCUT2D eigenvalue weighted by Crippen LogP contribution is 2.60. The lowest BCUT2D eigenvalue weighted by molar-refractivity contribution is 0.0819. The van der Waals surface area contributed by atoms with Crippen LogP contribution in [0.25, 0.3) is 0 Å². The highest BCUT2D eigenvalue weighted by molar-refractivity contribution is 9.10. The molecule has 0 unspecified atom stereocenters. The van der Waals surface area contributed by atoms with E-state index < -0.39 is 32.8 Å². The van der Waals surface area contributed by atoms with E-state index in [0.29, 0.717) is 16.9 Å². The molecule has 1 fully saturated rings. The Morgan fingerprint density at radius 2 is 1.62 bits per heavy atom. The number of halogens is 1. The SMILES string of the molecule is CCOC1=C2CN(S(=O)(=O)c3ccc(Br)cc3)[C@H](c3ccccc3)C[C@H]2C(C#N)(C#N)C(C#N)(C#N)C1. The minimum absolute atomic E-state index is 0.0257. The molecular weight excluding hydrogens is 554 g/mol. The molecule has 186 valence electrons. The first-order valence-corrected chi connectivity index (χ1v) is 13.8. The number of fused-ring (bicyclic) bond motifs is 1. The van der Waals surface area contributed by atoms with Gasteiger partial charge in [-0.05, 0) is 48.7 Å². The molecular formula is C27H22BrN5O3S. The Balaban J connectivity index is 1.98. The number of hydrogen-bond donors (Lipinski definition) is 0. The van der Waals surface area contributed by atoms with Gasteiger partial charge in [0.2, 0.25) is 10.0 Å². The Kier molecular flexibility index (Phi) is 7.13. The third-order valence-electron chi connectivity index (χ3n) is 7.19. The maximum Gasteiger partial charge on any atom is 0.243 e. The normalized spacial score (nSPS) is 22.4. The zero-order valence-corrected chi connectivity index (χ0v) is 22.3. The molecule has 10 heteroatoms. The van der Waals surface area contributed by atoms with Crippen molar-refractivity contribution in [3.05, 3.63) is 76.0 Å². The quantitative estimate of drug-likeness (QED) is 0.490. The van der Waals surface area contributed by atoms with Crippen LogP contribution in [0.15, 0.2) is 75.3 Å². The second kappa shape index (κ2) is 10.0.